The van der Waals surface area contributed by atoms with Crippen LogP contribution >= 0.6 is 0 Å². The minimum absolute atomic E-state index is 0.0481. The second-order valence-corrected chi connectivity index (χ2v) is 4.86. The molecule has 0 bridgehead atoms. The van der Waals surface area contributed by atoms with E-state index in [2.05, 4.69) is 24.1 Å². The van der Waals surface area contributed by atoms with E-state index in [0.717, 1.165) is 31.6 Å². The van der Waals surface area contributed by atoms with Crippen molar-refractivity contribution in [2.24, 2.45) is 0 Å². The first-order chi connectivity index (χ1) is 8.63. The highest BCUT2D eigenvalue weighted by Gasteiger charge is 2.27. The predicted octanol–water partition coefficient (Wildman–Crippen LogP) is 2.28. The summed E-state index contributed by atoms with van der Waals surface area (Å²) in [4.78, 5) is 2.35. The molecule has 1 aliphatic heterocycles. The molecule has 0 amide bonds. The smallest absolute Gasteiger partial charge is 0.126 e. The lowest BCUT2D eigenvalue weighted by molar-refractivity contribution is 0.160. The van der Waals surface area contributed by atoms with Crippen LogP contribution in [0.25, 0.3) is 0 Å². The van der Waals surface area contributed by atoms with Gasteiger partial charge in [0.1, 0.15) is 11.6 Å². The fourth-order valence-corrected chi connectivity index (χ4v) is 2.82. The third-order valence-electron chi connectivity index (χ3n) is 3.81. The number of halogens is 1. The molecule has 0 radical (unpaired) electrons. The van der Waals surface area contributed by atoms with Crippen LogP contribution in [-0.4, -0.2) is 35.7 Å². The summed E-state index contributed by atoms with van der Waals surface area (Å²) in [6, 6.07) is 4.87. The Balaban J connectivity index is 2.19. The number of hydrogen-bond acceptors (Lipinski definition) is 3. The van der Waals surface area contributed by atoms with Gasteiger partial charge in [-0.15, -0.1) is 0 Å². The zero-order chi connectivity index (χ0) is 13.1. The van der Waals surface area contributed by atoms with Crippen LogP contribution in [0.15, 0.2) is 18.2 Å². The van der Waals surface area contributed by atoms with Gasteiger partial charge in [-0.2, -0.15) is 0 Å². The van der Waals surface area contributed by atoms with Crippen LogP contribution < -0.4 is 5.32 Å². The lowest BCUT2D eigenvalue weighted by Gasteiger charge is -2.33. The third-order valence-corrected chi connectivity index (χ3v) is 3.81. The second kappa shape index (κ2) is 5.67. The second-order valence-electron chi connectivity index (χ2n) is 4.86. The summed E-state index contributed by atoms with van der Waals surface area (Å²) in [6.45, 7) is 7.14. The summed E-state index contributed by atoms with van der Waals surface area (Å²) in [7, 11) is 0. The van der Waals surface area contributed by atoms with Gasteiger partial charge in [0, 0.05) is 30.3 Å². The summed E-state index contributed by atoms with van der Waals surface area (Å²) in [5.74, 6) is -0.346. The number of rotatable bonds is 4. The van der Waals surface area contributed by atoms with Crippen LogP contribution in [0, 0.1) is 5.82 Å². The number of likely N-dealkylation sites (N-methyl/N-ethyl adjacent to an activating group) is 1. The van der Waals surface area contributed by atoms with Gasteiger partial charge >= 0.3 is 0 Å². The first-order valence-corrected chi connectivity index (χ1v) is 6.58. The van der Waals surface area contributed by atoms with Gasteiger partial charge in [-0.1, -0.05) is 13.0 Å². The molecule has 2 atom stereocenters. The van der Waals surface area contributed by atoms with E-state index in [1.807, 2.05) is 0 Å². The molecule has 0 saturated carbocycles. The molecule has 100 valence electrons. The van der Waals surface area contributed by atoms with Crippen molar-refractivity contribution in [2.75, 3.05) is 19.6 Å². The van der Waals surface area contributed by atoms with Crippen molar-refractivity contribution in [1.29, 1.82) is 0 Å². The number of nitrogens with zero attached hydrogens (tertiary/aromatic N) is 1. The van der Waals surface area contributed by atoms with Crippen molar-refractivity contribution in [3.63, 3.8) is 0 Å². The van der Waals surface area contributed by atoms with E-state index in [-0.39, 0.29) is 11.8 Å². The fourth-order valence-electron chi connectivity index (χ4n) is 2.82. The topological polar surface area (TPSA) is 35.5 Å². The monoisotopic (exact) mass is 252 g/mol. The van der Waals surface area contributed by atoms with Crippen molar-refractivity contribution < 1.29 is 9.50 Å². The number of aromatic hydroxyl groups is 1. The average molecular weight is 252 g/mol. The van der Waals surface area contributed by atoms with Crippen LogP contribution in [-0.2, 0) is 0 Å². The van der Waals surface area contributed by atoms with Crippen molar-refractivity contribution in [2.45, 2.75) is 32.4 Å². The molecule has 1 aliphatic rings. The molecule has 18 heavy (non-hydrogen) atoms. The Hall–Kier alpha value is -1.13. The highest BCUT2D eigenvalue weighted by Crippen LogP contribution is 2.31. The Labute approximate surface area is 108 Å². The van der Waals surface area contributed by atoms with Crippen LogP contribution in [0.4, 0.5) is 4.39 Å². The Morgan fingerprint density at radius 3 is 2.89 bits per heavy atom. The van der Waals surface area contributed by atoms with E-state index >= 15 is 0 Å². The SMILES string of the molecule is CCN(C1CCNC1)C(C)c1ccc(F)cc1O. The number of phenolic OH excluding ortho intramolecular Hbond substituents is 1. The summed E-state index contributed by atoms with van der Waals surface area (Å²) >= 11 is 0. The molecule has 1 aromatic rings. The normalized spacial score (nSPS) is 21.4. The first kappa shape index (κ1) is 13.3. The first-order valence-electron chi connectivity index (χ1n) is 6.58. The van der Waals surface area contributed by atoms with Gasteiger partial charge in [0.25, 0.3) is 0 Å². The molecule has 1 aromatic carbocycles. The fraction of sp³-hybridized carbons (Fsp3) is 0.571. The number of phenols is 1. The van der Waals surface area contributed by atoms with E-state index in [1.165, 1.54) is 12.1 Å². The molecule has 1 fully saturated rings. The zero-order valence-corrected chi connectivity index (χ0v) is 11.0. The highest BCUT2D eigenvalue weighted by atomic mass is 19.1. The number of benzene rings is 1. The predicted molar refractivity (Wildman–Crippen MR) is 70.1 cm³/mol. The molecule has 1 heterocycles. The average Bonchev–Trinajstić information content (AvgIpc) is 2.83. The Morgan fingerprint density at radius 1 is 1.56 bits per heavy atom. The van der Waals surface area contributed by atoms with Gasteiger partial charge in [-0.05, 0) is 32.5 Å². The zero-order valence-electron chi connectivity index (χ0n) is 11.0. The van der Waals surface area contributed by atoms with Crippen molar-refractivity contribution >= 4 is 0 Å². The molecule has 3 nitrogen and oxygen atoms in total. The minimum atomic E-state index is -0.394. The van der Waals surface area contributed by atoms with Gasteiger partial charge in [0.15, 0.2) is 0 Å². The van der Waals surface area contributed by atoms with Crippen LogP contribution in [0.5, 0.6) is 5.75 Å². The van der Waals surface area contributed by atoms with Crippen LogP contribution in [0.2, 0.25) is 0 Å². The summed E-state index contributed by atoms with van der Waals surface area (Å²) in [5.41, 5.74) is 0.796. The van der Waals surface area contributed by atoms with Crippen molar-refractivity contribution in [3.8, 4) is 5.75 Å². The van der Waals surface area contributed by atoms with Crippen LogP contribution in [0.3, 0.4) is 0 Å². The maximum Gasteiger partial charge on any atom is 0.126 e. The molecule has 0 spiro atoms. The van der Waals surface area contributed by atoms with E-state index in [4.69, 9.17) is 0 Å². The van der Waals surface area contributed by atoms with Gasteiger partial charge < -0.3 is 10.4 Å². The largest absolute Gasteiger partial charge is 0.508 e. The minimum Gasteiger partial charge on any atom is -0.508 e. The molecule has 2 unspecified atom stereocenters. The molecule has 2 rings (SSSR count). The maximum absolute atomic E-state index is 13.0. The highest BCUT2D eigenvalue weighted by molar-refractivity contribution is 5.35. The van der Waals surface area contributed by atoms with Gasteiger partial charge in [0.2, 0.25) is 0 Å². The lowest BCUT2D eigenvalue weighted by atomic mass is 10.0. The van der Waals surface area contributed by atoms with E-state index in [0.29, 0.717) is 6.04 Å². The number of nitrogens with one attached hydrogen (secondary N) is 1. The Bertz CT molecular complexity index is 405. The quantitative estimate of drug-likeness (QED) is 0.863. The maximum atomic E-state index is 13.0. The third kappa shape index (κ3) is 2.65. The molecular weight excluding hydrogens is 231 g/mol. The Morgan fingerprint density at radius 2 is 2.33 bits per heavy atom. The van der Waals surface area contributed by atoms with Crippen molar-refractivity contribution in [1.82, 2.24) is 10.2 Å². The summed E-state index contributed by atoms with van der Waals surface area (Å²) < 4.78 is 13.0. The molecule has 4 heteroatoms. The van der Waals surface area contributed by atoms with E-state index in [9.17, 15) is 9.50 Å². The van der Waals surface area contributed by atoms with E-state index in [1.54, 1.807) is 6.07 Å². The lowest BCUT2D eigenvalue weighted by Crippen LogP contribution is -2.38. The molecule has 2 N–H and O–H groups in total. The molecule has 0 aromatic heterocycles. The molecule has 1 saturated heterocycles. The standard InChI is InChI=1S/C14H21FN2O/c1-3-17(12-6-7-16-9-12)10(2)13-5-4-11(15)8-14(13)18/h4-5,8,10,12,16,18H,3,6-7,9H2,1-2H3. The van der Waals surface area contributed by atoms with Crippen LogP contribution in [0.1, 0.15) is 31.9 Å². The summed E-state index contributed by atoms with van der Waals surface area (Å²) in [6.07, 6.45) is 1.13. The summed E-state index contributed by atoms with van der Waals surface area (Å²) in [5, 5.41) is 13.2. The molecule has 0 aliphatic carbocycles. The van der Waals surface area contributed by atoms with Crippen molar-refractivity contribution in [3.05, 3.63) is 29.6 Å². The van der Waals surface area contributed by atoms with Gasteiger partial charge in [0.05, 0.1) is 0 Å². The van der Waals surface area contributed by atoms with E-state index < -0.39 is 5.82 Å². The van der Waals surface area contributed by atoms with Gasteiger partial charge in [-0.3, -0.25) is 4.90 Å². The molecular formula is C14H21FN2O. The van der Waals surface area contributed by atoms with Gasteiger partial charge in [-0.25, -0.2) is 4.39 Å². The number of hydrogen-bond donors (Lipinski definition) is 2. The Kier molecular flexibility index (Phi) is 4.19.